The van der Waals surface area contributed by atoms with Crippen molar-refractivity contribution in [1.29, 1.82) is 0 Å². The van der Waals surface area contributed by atoms with Crippen molar-refractivity contribution in [3.8, 4) is 0 Å². The molecule has 1 atom stereocenters. The summed E-state index contributed by atoms with van der Waals surface area (Å²) in [5.41, 5.74) is 8.06. The van der Waals surface area contributed by atoms with Gasteiger partial charge in [0.25, 0.3) is 0 Å². The minimum absolute atomic E-state index is 0.0329. The van der Waals surface area contributed by atoms with E-state index < -0.39 is 10.0 Å². The van der Waals surface area contributed by atoms with Gasteiger partial charge in [-0.1, -0.05) is 49.4 Å². The van der Waals surface area contributed by atoms with Crippen LogP contribution in [0.3, 0.4) is 0 Å². The molecule has 0 radical (unpaired) electrons. The second-order valence-electron chi connectivity index (χ2n) is 5.16. The number of nitrogen functional groups attached to an aromatic ring is 1. The molecule has 0 aliphatic heterocycles. The normalized spacial score (nSPS) is 13.0. The molecule has 4 nitrogen and oxygen atoms in total. The van der Waals surface area contributed by atoms with Gasteiger partial charge in [0.1, 0.15) is 0 Å². The van der Waals surface area contributed by atoms with E-state index in [2.05, 4.69) is 4.72 Å². The van der Waals surface area contributed by atoms with E-state index in [9.17, 15) is 8.42 Å². The van der Waals surface area contributed by atoms with Crippen LogP contribution >= 0.6 is 0 Å². The monoisotopic (exact) mass is 304 g/mol. The fraction of sp³-hybridized carbons (Fsp3) is 0.250. The van der Waals surface area contributed by atoms with Crippen LogP contribution in [0.2, 0.25) is 0 Å². The number of nitrogens with two attached hydrogens (primary N) is 1. The summed E-state index contributed by atoms with van der Waals surface area (Å²) in [4.78, 5) is 0. The quantitative estimate of drug-likeness (QED) is 0.805. The molecule has 0 bridgehead atoms. The van der Waals surface area contributed by atoms with Crippen LogP contribution in [0.1, 0.15) is 24.0 Å². The number of hydrogen-bond acceptors (Lipinski definition) is 3. The van der Waals surface area contributed by atoms with E-state index in [1.807, 2.05) is 37.3 Å². The first-order valence-corrected chi connectivity index (χ1v) is 8.48. The third-order valence-electron chi connectivity index (χ3n) is 3.31. The molecule has 21 heavy (non-hydrogen) atoms. The molecule has 0 fully saturated rings. The summed E-state index contributed by atoms with van der Waals surface area (Å²) in [6.45, 7) is 2.39. The zero-order valence-electron chi connectivity index (χ0n) is 12.0. The highest BCUT2D eigenvalue weighted by molar-refractivity contribution is 7.88. The predicted molar refractivity (Wildman–Crippen MR) is 86.3 cm³/mol. The second kappa shape index (κ2) is 6.74. The number of sulfonamides is 1. The van der Waals surface area contributed by atoms with Gasteiger partial charge in [0.15, 0.2) is 0 Å². The first-order chi connectivity index (χ1) is 9.96. The van der Waals surface area contributed by atoms with Crippen LogP contribution in [-0.2, 0) is 15.8 Å². The molecule has 0 saturated carbocycles. The molecular formula is C16H20N2O2S. The zero-order chi connectivity index (χ0) is 15.3. The van der Waals surface area contributed by atoms with Crippen LogP contribution in [0.25, 0.3) is 0 Å². The maximum absolute atomic E-state index is 12.1. The van der Waals surface area contributed by atoms with Crippen molar-refractivity contribution in [2.75, 3.05) is 12.3 Å². The average molecular weight is 304 g/mol. The SMILES string of the molecule is CC(CNS(=O)(=O)Cc1ccc(N)cc1)c1ccccc1. The first kappa shape index (κ1) is 15.5. The Labute approximate surface area is 126 Å². The molecule has 5 heteroatoms. The van der Waals surface area contributed by atoms with Gasteiger partial charge in [-0.05, 0) is 29.2 Å². The summed E-state index contributed by atoms with van der Waals surface area (Å²) in [5.74, 6) is 0.0989. The average Bonchev–Trinajstić information content (AvgIpc) is 2.48. The van der Waals surface area contributed by atoms with Crippen LogP contribution in [0.4, 0.5) is 5.69 Å². The van der Waals surface area contributed by atoms with E-state index in [1.54, 1.807) is 24.3 Å². The Morgan fingerprint density at radius 2 is 1.67 bits per heavy atom. The Hall–Kier alpha value is -1.85. The molecule has 112 valence electrons. The van der Waals surface area contributed by atoms with Gasteiger partial charge in [0, 0.05) is 12.2 Å². The molecule has 0 spiro atoms. The number of nitrogens with one attached hydrogen (secondary N) is 1. The molecule has 0 heterocycles. The van der Waals surface area contributed by atoms with Gasteiger partial charge in [0.05, 0.1) is 5.75 Å². The third kappa shape index (κ3) is 4.88. The highest BCUT2D eigenvalue weighted by Gasteiger charge is 2.13. The van der Waals surface area contributed by atoms with E-state index in [0.717, 1.165) is 11.1 Å². The van der Waals surface area contributed by atoms with Gasteiger partial charge in [0.2, 0.25) is 10.0 Å². The van der Waals surface area contributed by atoms with Crippen molar-refractivity contribution in [1.82, 2.24) is 4.72 Å². The third-order valence-corrected chi connectivity index (χ3v) is 4.63. The highest BCUT2D eigenvalue weighted by atomic mass is 32.2. The van der Waals surface area contributed by atoms with E-state index >= 15 is 0 Å². The van der Waals surface area contributed by atoms with Crippen molar-refractivity contribution in [3.63, 3.8) is 0 Å². The largest absolute Gasteiger partial charge is 0.399 e. The number of benzene rings is 2. The molecule has 2 aromatic carbocycles. The van der Waals surface area contributed by atoms with Gasteiger partial charge >= 0.3 is 0 Å². The Kier molecular flexibility index (Phi) is 4.98. The molecule has 0 aliphatic rings. The van der Waals surface area contributed by atoms with Crippen molar-refractivity contribution in [3.05, 3.63) is 65.7 Å². The van der Waals surface area contributed by atoms with Crippen molar-refractivity contribution in [2.45, 2.75) is 18.6 Å². The highest BCUT2D eigenvalue weighted by Crippen LogP contribution is 2.14. The Bertz CT molecular complexity index is 667. The van der Waals surface area contributed by atoms with E-state index in [-0.39, 0.29) is 11.7 Å². The minimum Gasteiger partial charge on any atom is -0.399 e. The predicted octanol–water partition coefficient (Wildman–Crippen LogP) is 2.49. The topological polar surface area (TPSA) is 72.2 Å². The summed E-state index contributed by atoms with van der Waals surface area (Å²) in [7, 11) is -3.34. The van der Waals surface area contributed by atoms with Gasteiger partial charge in [-0.15, -0.1) is 0 Å². The Morgan fingerprint density at radius 3 is 2.29 bits per heavy atom. The standard InChI is InChI=1S/C16H20N2O2S/c1-13(15-5-3-2-4-6-15)11-18-21(19,20)12-14-7-9-16(17)10-8-14/h2-10,13,18H,11-12,17H2,1H3. The van der Waals surface area contributed by atoms with Gasteiger partial charge in [-0.25, -0.2) is 13.1 Å². The van der Waals surface area contributed by atoms with Crippen molar-refractivity contribution in [2.24, 2.45) is 0 Å². The molecule has 0 aliphatic carbocycles. The van der Waals surface area contributed by atoms with Crippen LogP contribution < -0.4 is 10.5 Å². The summed E-state index contributed by atoms with van der Waals surface area (Å²) >= 11 is 0. The van der Waals surface area contributed by atoms with Gasteiger partial charge in [-0.3, -0.25) is 0 Å². The van der Waals surface area contributed by atoms with Gasteiger partial charge in [-0.2, -0.15) is 0 Å². The molecule has 1 unspecified atom stereocenters. The second-order valence-corrected chi connectivity index (χ2v) is 6.97. The summed E-state index contributed by atoms with van der Waals surface area (Å²) in [5, 5.41) is 0. The van der Waals surface area contributed by atoms with Crippen LogP contribution in [0, 0.1) is 0 Å². The molecule has 0 aromatic heterocycles. The lowest BCUT2D eigenvalue weighted by Gasteiger charge is -2.13. The fourth-order valence-corrected chi connectivity index (χ4v) is 3.27. The van der Waals surface area contributed by atoms with Crippen LogP contribution in [-0.4, -0.2) is 15.0 Å². The van der Waals surface area contributed by atoms with E-state index in [4.69, 9.17) is 5.73 Å². The number of anilines is 1. The molecule has 2 rings (SSSR count). The molecular weight excluding hydrogens is 284 g/mol. The van der Waals surface area contributed by atoms with Crippen LogP contribution in [0.5, 0.6) is 0 Å². The zero-order valence-corrected chi connectivity index (χ0v) is 12.8. The van der Waals surface area contributed by atoms with Crippen molar-refractivity contribution < 1.29 is 8.42 Å². The summed E-state index contributed by atoms with van der Waals surface area (Å²) in [6.07, 6.45) is 0. The maximum Gasteiger partial charge on any atom is 0.215 e. The fourth-order valence-electron chi connectivity index (χ4n) is 2.04. The van der Waals surface area contributed by atoms with Crippen LogP contribution in [0.15, 0.2) is 54.6 Å². The van der Waals surface area contributed by atoms with Gasteiger partial charge < -0.3 is 5.73 Å². The molecule has 3 N–H and O–H groups in total. The molecule has 2 aromatic rings. The van der Waals surface area contributed by atoms with E-state index in [1.165, 1.54) is 0 Å². The van der Waals surface area contributed by atoms with Crippen molar-refractivity contribution >= 4 is 15.7 Å². The lowest BCUT2D eigenvalue weighted by atomic mass is 10.0. The molecule has 0 amide bonds. The molecule has 0 saturated heterocycles. The summed E-state index contributed by atoms with van der Waals surface area (Å²) in [6, 6.07) is 16.7. The Balaban J connectivity index is 1.94. The lowest BCUT2D eigenvalue weighted by molar-refractivity contribution is 0.574. The number of hydrogen-bond donors (Lipinski definition) is 2. The number of rotatable bonds is 6. The maximum atomic E-state index is 12.1. The van der Waals surface area contributed by atoms with E-state index in [0.29, 0.717) is 12.2 Å². The smallest absolute Gasteiger partial charge is 0.215 e. The lowest BCUT2D eigenvalue weighted by Crippen LogP contribution is -2.28. The first-order valence-electron chi connectivity index (χ1n) is 6.83. The minimum atomic E-state index is -3.34. The Morgan fingerprint density at radius 1 is 1.05 bits per heavy atom. The summed E-state index contributed by atoms with van der Waals surface area (Å²) < 4.78 is 26.8.